The lowest BCUT2D eigenvalue weighted by Crippen LogP contribution is -1.99. The van der Waals surface area contributed by atoms with Gasteiger partial charge in [-0.2, -0.15) is 0 Å². The van der Waals surface area contributed by atoms with Crippen LogP contribution in [0.15, 0.2) is 54.6 Å². The Hall–Kier alpha value is -2.12. The van der Waals surface area contributed by atoms with Gasteiger partial charge in [0.1, 0.15) is 0 Å². The number of rotatable bonds is 8. The average molecular weight is 334 g/mol. The molecule has 1 heteroatoms. The third kappa shape index (κ3) is 5.44. The fourth-order valence-corrected chi connectivity index (χ4v) is 3.05. The second-order valence-corrected chi connectivity index (χ2v) is 6.83. The van der Waals surface area contributed by atoms with E-state index in [1.807, 2.05) is 0 Å². The zero-order chi connectivity index (χ0) is 18.2. The monoisotopic (exact) mass is 333 g/mol. The third-order valence-electron chi connectivity index (χ3n) is 4.69. The van der Waals surface area contributed by atoms with Crippen molar-refractivity contribution in [2.75, 3.05) is 6.54 Å². The molecule has 0 aliphatic rings. The average Bonchev–Trinajstić information content (AvgIpc) is 2.61. The Labute approximate surface area is 153 Å². The Morgan fingerprint density at radius 1 is 1.04 bits per heavy atom. The van der Waals surface area contributed by atoms with Gasteiger partial charge in [0.2, 0.25) is 0 Å². The molecule has 0 aliphatic heterocycles. The lowest BCUT2D eigenvalue weighted by molar-refractivity contribution is 0.745. The predicted molar refractivity (Wildman–Crippen MR) is 112 cm³/mol. The number of aryl methyl sites for hydroxylation is 3. The maximum atomic E-state index is 5.58. The first-order valence-electron chi connectivity index (χ1n) is 9.31. The van der Waals surface area contributed by atoms with Crippen LogP contribution in [-0.4, -0.2) is 6.54 Å². The highest BCUT2D eigenvalue weighted by Gasteiger charge is 2.05. The number of unbranched alkanes of at least 4 members (excludes halogenated alkanes) is 1. The van der Waals surface area contributed by atoms with Crippen molar-refractivity contribution in [1.82, 2.24) is 0 Å². The van der Waals surface area contributed by atoms with Gasteiger partial charge in [0.05, 0.1) is 0 Å². The Kier molecular flexibility index (Phi) is 7.21. The SMILES string of the molecule is C=C(C)/C(=C\c1ccc(CC)cc1C)c1ccc(CCCCN)cc1. The molecule has 0 fully saturated rings. The minimum absolute atomic E-state index is 0.775. The summed E-state index contributed by atoms with van der Waals surface area (Å²) in [6, 6.07) is 15.6. The van der Waals surface area contributed by atoms with Crippen LogP contribution in [-0.2, 0) is 12.8 Å². The topological polar surface area (TPSA) is 26.0 Å². The first kappa shape index (κ1) is 19.2. The maximum absolute atomic E-state index is 5.58. The summed E-state index contributed by atoms with van der Waals surface area (Å²) in [5, 5.41) is 0. The van der Waals surface area contributed by atoms with Crippen LogP contribution in [0.2, 0.25) is 0 Å². The van der Waals surface area contributed by atoms with E-state index in [0.717, 1.165) is 37.8 Å². The highest BCUT2D eigenvalue weighted by molar-refractivity contribution is 5.90. The molecule has 1 nitrogen and oxygen atoms in total. The van der Waals surface area contributed by atoms with Crippen molar-refractivity contribution in [3.63, 3.8) is 0 Å². The van der Waals surface area contributed by atoms with Gasteiger partial charge in [0.15, 0.2) is 0 Å². The van der Waals surface area contributed by atoms with E-state index in [2.05, 4.69) is 75.9 Å². The van der Waals surface area contributed by atoms with Gasteiger partial charge in [-0.1, -0.05) is 61.5 Å². The molecule has 0 saturated carbocycles. The van der Waals surface area contributed by atoms with E-state index in [0.29, 0.717) is 0 Å². The molecule has 0 saturated heterocycles. The standard InChI is InChI=1S/C24H31N/c1-5-20-9-14-23(19(4)16-20)17-24(18(2)3)22-12-10-21(11-13-22)8-6-7-15-25/h9-14,16-17H,2,5-8,15,25H2,1,3-4H3/b24-17+. The number of nitrogens with two attached hydrogens (primary N) is 1. The van der Waals surface area contributed by atoms with E-state index in [4.69, 9.17) is 5.73 Å². The molecule has 25 heavy (non-hydrogen) atoms. The van der Waals surface area contributed by atoms with Gasteiger partial charge in [0, 0.05) is 0 Å². The van der Waals surface area contributed by atoms with Crippen molar-refractivity contribution in [1.29, 1.82) is 0 Å². The predicted octanol–water partition coefficient (Wildman–Crippen LogP) is 5.96. The zero-order valence-electron chi connectivity index (χ0n) is 15.9. The molecule has 0 amide bonds. The van der Waals surface area contributed by atoms with Crippen molar-refractivity contribution >= 4 is 11.6 Å². The first-order valence-corrected chi connectivity index (χ1v) is 9.31. The highest BCUT2D eigenvalue weighted by atomic mass is 14.5. The molecule has 2 rings (SSSR count). The zero-order valence-corrected chi connectivity index (χ0v) is 15.9. The van der Waals surface area contributed by atoms with Crippen LogP contribution in [0.1, 0.15) is 54.5 Å². The molecule has 0 bridgehead atoms. The van der Waals surface area contributed by atoms with E-state index in [9.17, 15) is 0 Å². The molecule has 2 aromatic rings. The van der Waals surface area contributed by atoms with E-state index in [-0.39, 0.29) is 0 Å². The summed E-state index contributed by atoms with van der Waals surface area (Å²) in [5.41, 5.74) is 14.4. The summed E-state index contributed by atoms with van der Waals surface area (Å²) in [4.78, 5) is 0. The Morgan fingerprint density at radius 2 is 1.72 bits per heavy atom. The van der Waals surface area contributed by atoms with Gasteiger partial charge in [0.25, 0.3) is 0 Å². The summed E-state index contributed by atoms with van der Waals surface area (Å²) < 4.78 is 0. The molecule has 0 aromatic heterocycles. The van der Waals surface area contributed by atoms with Crippen LogP contribution in [0.4, 0.5) is 0 Å². The van der Waals surface area contributed by atoms with Crippen molar-refractivity contribution in [2.24, 2.45) is 5.73 Å². The van der Waals surface area contributed by atoms with Crippen LogP contribution < -0.4 is 5.73 Å². The van der Waals surface area contributed by atoms with Gasteiger partial charge in [-0.05, 0) is 85.5 Å². The van der Waals surface area contributed by atoms with Gasteiger partial charge >= 0.3 is 0 Å². The molecular formula is C24H31N. The third-order valence-corrected chi connectivity index (χ3v) is 4.69. The fourth-order valence-electron chi connectivity index (χ4n) is 3.05. The Balaban J connectivity index is 2.27. The van der Waals surface area contributed by atoms with Gasteiger partial charge < -0.3 is 5.73 Å². The minimum Gasteiger partial charge on any atom is -0.330 e. The Morgan fingerprint density at radius 3 is 2.28 bits per heavy atom. The van der Waals surface area contributed by atoms with Crippen molar-refractivity contribution in [3.05, 3.63) is 82.4 Å². The Bertz CT molecular complexity index is 735. The smallest absolute Gasteiger partial charge is 0.00772 e. The minimum atomic E-state index is 0.775. The molecule has 2 aromatic carbocycles. The second-order valence-electron chi connectivity index (χ2n) is 6.83. The second kappa shape index (κ2) is 9.39. The van der Waals surface area contributed by atoms with Gasteiger partial charge in [-0.3, -0.25) is 0 Å². The van der Waals surface area contributed by atoms with E-state index in [1.165, 1.54) is 33.4 Å². The van der Waals surface area contributed by atoms with Crippen LogP contribution in [0, 0.1) is 6.92 Å². The van der Waals surface area contributed by atoms with Crippen molar-refractivity contribution < 1.29 is 0 Å². The molecule has 0 heterocycles. The molecule has 0 aliphatic carbocycles. The molecule has 132 valence electrons. The lowest BCUT2D eigenvalue weighted by Gasteiger charge is -2.11. The van der Waals surface area contributed by atoms with Crippen LogP contribution >= 0.6 is 0 Å². The number of hydrogen-bond acceptors (Lipinski definition) is 1. The van der Waals surface area contributed by atoms with E-state index >= 15 is 0 Å². The summed E-state index contributed by atoms with van der Waals surface area (Å²) >= 11 is 0. The van der Waals surface area contributed by atoms with Gasteiger partial charge in [-0.15, -0.1) is 0 Å². The van der Waals surface area contributed by atoms with Crippen molar-refractivity contribution in [3.8, 4) is 0 Å². The molecular weight excluding hydrogens is 302 g/mol. The van der Waals surface area contributed by atoms with E-state index in [1.54, 1.807) is 0 Å². The number of benzene rings is 2. The molecule has 2 N–H and O–H groups in total. The fraction of sp³-hybridized carbons (Fsp3) is 0.333. The lowest BCUT2D eigenvalue weighted by atomic mass is 9.94. The van der Waals surface area contributed by atoms with Crippen molar-refractivity contribution in [2.45, 2.75) is 46.5 Å². The maximum Gasteiger partial charge on any atom is -0.00772 e. The normalized spacial score (nSPS) is 11.6. The molecule has 0 unspecified atom stereocenters. The molecule has 0 spiro atoms. The summed E-state index contributed by atoms with van der Waals surface area (Å²) in [6.45, 7) is 11.4. The molecule has 0 radical (unpaired) electrons. The molecule has 0 atom stereocenters. The van der Waals surface area contributed by atoms with Crippen LogP contribution in [0.3, 0.4) is 0 Å². The van der Waals surface area contributed by atoms with Crippen LogP contribution in [0.5, 0.6) is 0 Å². The first-order chi connectivity index (χ1) is 12.0. The highest BCUT2D eigenvalue weighted by Crippen LogP contribution is 2.27. The quantitative estimate of drug-likeness (QED) is 0.360. The summed E-state index contributed by atoms with van der Waals surface area (Å²) in [7, 11) is 0. The summed E-state index contributed by atoms with van der Waals surface area (Å²) in [6.07, 6.45) is 6.68. The van der Waals surface area contributed by atoms with E-state index < -0.39 is 0 Å². The number of allylic oxidation sites excluding steroid dienone is 2. The van der Waals surface area contributed by atoms with Gasteiger partial charge in [-0.25, -0.2) is 0 Å². The summed E-state index contributed by atoms with van der Waals surface area (Å²) in [5.74, 6) is 0. The van der Waals surface area contributed by atoms with Crippen LogP contribution in [0.25, 0.3) is 11.6 Å². The largest absolute Gasteiger partial charge is 0.330 e. The number of hydrogen-bond donors (Lipinski definition) is 1.